The summed E-state index contributed by atoms with van der Waals surface area (Å²) in [5.74, 6) is 2.50. The van der Waals surface area contributed by atoms with Gasteiger partial charge in [0.15, 0.2) is 5.82 Å². The van der Waals surface area contributed by atoms with Crippen molar-refractivity contribution in [3.8, 4) is 56.4 Å². The molecule has 2 aliphatic rings. The van der Waals surface area contributed by atoms with Gasteiger partial charge in [0.2, 0.25) is 0 Å². The van der Waals surface area contributed by atoms with Gasteiger partial charge in [0.25, 0.3) is 0 Å². The van der Waals surface area contributed by atoms with Crippen molar-refractivity contribution >= 4 is 42.4 Å². The van der Waals surface area contributed by atoms with E-state index in [0.29, 0.717) is 0 Å². The first-order valence-corrected chi connectivity index (χ1v) is 19.5. The largest absolute Gasteiger partial charge is 0.457 e. The fraction of sp³-hybridized carbons (Fsp3) is 0.0196. The SMILES string of the molecule is c1ccc(-c2ccccc2-c2nc(-c3ccc4c(c3)-c3cc5ccccc5cc3C43c4ccccc4Oc4ccccc43)c3sc4ccccc4c3n2)cc1. The van der Waals surface area contributed by atoms with E-state index in [0.717, 1.165) is 72.0 Å². The smallest absolute Gasteiger partial charge is 0.161 e. The molecule has 1 aliphatic heterocycles. The van der Waals surface area contributed by atoms with Gasteiger partial charge in [-0.25, -0.2) is 9.97 Å². The first-order valence-electron chi connectivity index (χ1n) is 18.7. The summed E-state index contributed by atoms with van der Waals surface area (Å²) in [4.78, 5) is 10.9. The van der Waals surface area contributed by atoms with Crippen molar-refractivity contribution in [3.05, 3.63) is 204 Å². The van der Waals surface area contributed by atoms with Crippen molar-refractivity contribution in [2.24, 2.45) is 0 Å². The normalized spacial score (nSPS) is 13.4. The minimum atomic E-state index is -0.558. The summed E-state index contributed by atoms with van der Waals surface area (Å²) < 4.78 is 8.93. The molecule has 2 aromatic heterocycles. The maximum absolute atomic E-state index is 6.63. The minimum absolute atomic E-state index is 0.558. The molecule has 4 heteroatoms. The van der Waals surface area contributed by atoms with E-state index in [-0.39, 0.29) is 0 Å². The number of ether oxygens (including phenoxy) is 1. The molecule has 8 aromatic carbocycles. The molecule has 10 aromatic rings. The maximum atomic E-state index is 6.63. The number of benzene rings is 8. The van der Waals surface area contributed by atoms with Crippen molar-refractivity contribution in [3.63, 3.8) is 0 Å². The van der Waals surface area contributed by atoms with Crippen molar-refractivity contribution in [2.45, 2.75) is 5.41 Å². The fourth-order valence-corrected chi connectivity index (χ4v) is 10.3. The minimum Gasteiger partial charge on any atom is -0.457 e. The Morgan fingerprint density at radius 1 is 0.436 bits per heavy atom. The van der Waals surface area contributed by atoms with E-state index in [1.54, 1.807) is 11.3 Å². The Bertz CT molecular complexity index is 3150. The van der Waals surface area contributed by atoms with Crippen LogP contribution in [0.2, 0.25) is 0 Å². The summed E-state index contributed by atoms with van der Waals surface area (Å²) in [7, 11) is 0. The van der Waals surface area contributed by atoms with Crippen LogP contribution in [0.5, 0.6) is 11.5 Å². The van der Waals surface area contributed by atoms with E-state index in [4.69, 9.17) is 14.7 Å². The molecule has 55 heavy (non-hydrogen) atoms. The highest BCUT2D eigenvalue weighted by Gasteiger charge is 2.51. The highest BCUT2D eigenvalue weighted by atomic mass is 32.1. The highest BCUT2D eigenvalue weighted by molar-refractivity contribution is 7.26. The molecule has 3 heterocycles. The number of thiophene rings is 1. The molecule has 1 spiro atoms. The summed E-state index contributed by atoms with van der Waals surface area (Å²) in [6.45, 7) is 0. The molecule has 1 aliphatic carbocycles. The second-order valence-electron chi connectivity index (χ2n) is 14.4. The van der Waals surface area contributed by atoms with Crippen LogP contribution in [0.3, 0.4) is 0 Å². The number of para-hydroxylation sites is 2. The molecule has 0 N–H and O–H groups in total. The van der Waals surface area contributed by atoms with Crippen molar-refractivity contribution < 1.29 is 4.74 Å². The van der Waals surface area contributed by atoms with Crippen LogP contribution in [0.25, 0.3) is 76.0 Å². The van der Waals surface area contributed by atoms with Crippen molar-refractivity contribution in [2.75, 3.05) is 0 Å². The Morgan fingerprint density at radius 3 is 1.87 bits per heavy atom. The molecule has 0 fully saturated rings. The third-order valence-corrected chi connectivity index (χ3v) is 12.7. The first-order chi connectivity index (χ1) is 27.3. The lowest BCUT2D eigenvalue weighted by Gasteiger charge is -2.39. The number of rotatable bonds is 3. The van der Waals surface area contributed by atoms with E-state index < -0.39 is 5.41 Å². The molecule has 0 atom stereocenters. The van der Waals surface area contributed by atoms with E-state index in [9.17, 15) is 0 Å². The molecule has 0 radical (unpaired) electrons. The van der Waals surface area contributed by atoms with Crippen LogP contribution in [0, 0.1) is 0 Å². The van der Waals surface area contributed by atoms with Crippen LogP contribution in [0.15, 0.2) is 182 Å². The third-order valence-electron chi connectivity index (χ3n) is 11.6. The van der Waals surface area contributed by atoms with Gasteiger partial charge in [-0.15, -0.1) is 11.3 Å². The van der Waals surface area contributed by atoms with E-state index >= 15 is 0 Å². The van der Waals surface area contributed by atoms with E-state index in [1.165, 1.54) is 37.7 Å². The Balaban J connectivity index is 1.17. The van der Waals surface area contributed by atoms with E-state index in [2.05, 4.69) is 182 Å². The number of fused-ring (bicyclic) bond motifs is 13. The number of nitrogens with zero attached hydrogens (tertiary/aromatic N) is 2. The Morgan fingerprint density at radius 2 is 1.07 bits per heavy atom. The molecule has 3 nitrogen and oxygen atoms in total. The standard InChI is InChI=1S/C51H30N2OS/c1-2-14-31(15-3-1)35-18-6-7-19-36(35)50-52-47(49-48(53-50)37-20-8-13-25-46(37)55-49)34-26-27-40-38(29-34)39-28-32-16-4-5-17-33(32)30-43(39)51(40)41-21-9-11-23-44(41)54-45-24-12-10-22-42(45)51/h1-30H. The van der Waals surface area contributed by atoms with Gasteiger partial charge in [0.1, 0.15) is 11.5 Å². The van der Waals surface area contributed by atoms with Gasteiger partial charge in [0.05, 0.1) is 21.3 Å². The third kappa shape index (κ3) is 4.31. The molecule has 0 amide bonds. The first kappa shape index (κ1) is 30.6. The second kappa shape index (κ2) is 11.6. The van der Waals surface area contributed by atoms with Crippen LogP contribution in [0.4, 0.5) is 0 Å². The lowest BCUT2D eigenvalue weighted by atomic mass is 9.66. The predicted molar refractivity (Wildman–Crippen MR) is 226 cm³/mol. The molecule has 12 rings (SSSR count). The fourth-order valence-electron chi connectivity index (χ4n) is 9.19. The number of hydrogen-bond acceptors (Lipinski definition) is 4. The quantitative estimate of drug-likeness (QED) is 0.182. The topological polar surface area (TPSA) is 35.0 Å². The Labute approximate surface area is 321 Å². The lowest BCUT2D eigenvalue weighted by molar-refractivity contribution is 0.436. The molecular weight excluding hydrogens is 689 g/mol. The van der Waals surface area contributed by atoms with Crippen LogP contribution in [0.1, 0.15) is 22.3 Å². The second-order valence-corrected chi connectivity index (χ2v) is 15.5. The maximum Gasteiger partial charge on any atom is 0.161 e. The average molecular weight is 719 g/mol. The van der Waals surface area contributed by atoms with Gasteiger partial charge in [0, 0.05) is 32.3 Å². The predicted octanol–water partition coefficient (Wildman–Crippen LogP) is 13.5. The zero-order valence-corrected chi connectivity index (χ0v) is 30.3. The van der Waals surface area contributed by atoms with Gasteiger partial charge >= 0.3 is 0 Å². The van der Waals surface area contributed by atoms with Gasteiger partial charge in [-0.2, -0.15) is 0 Å². The Kier molecular flexibility index (Phi) is 6.42. The number of hydrogen-bond donors (Lipinski definition) is 0. The van der Waals surface area contributed by atoms with Crippen molar-refractivity contribution in [1.29, 1.82) is 0 Å². The summed E-state index contributed by atoms with van der Waals surface area (Å²) in [5, 5.41) is 3.59. The lowest BCUT2D eigenvalue weighted by Crippen LogP contribution is -2.32. The van der Waals surface area contributed by atoms with Crippen LogP contribution < -0.4 is 4.74 Å². The van der Waals surface area contributed by atoms with Crippen LogP contribution in [-0.2, 0) is 5.41 Å². The van der Waals surface area contributed by atoms with Crippen molar-refractivity contribution in [1.82, 2.24) is 9.97 Å². The average Bonchev–Trinajstić information content (AvgIpc) is 3.76. The number of aromatic nitrogens is 2. The molecule has 0 bridgehead atoms. The molecular formula is C51H30N2OS. The summed E-state index contributed by atoms with van der Waals surface area (Å²) in [5.41, 5.74) is 13.0. The van der Waals surface area contributed by atoms with Gasteiger partial charge < -0.3 is 4.74 Å². The summed E-state index contributed by atoms with van der Waals surface area (Å²) in [6.07, 6.45) is 0. The molecule has 0 unspecified atom stereocenters. The molecule has 0 saturated carbocycles. The summed E-state index contributed by atoms with van der Waals surface area (Å²) in [6, 6.07) is 65.3. The highest BCUT2D eigenvalue weighted by Crippen LogP contribution is 2.63. The van der Waals surface area contributed by atoms with Crippen LogP contribution in [-0.4, -0.2) is 9.97 Å². The summed E-state index contributed by atoms with van der Waals surface area (Å²) >= 11 is 1.77. The zero-order valence-electron chi connectivity index (χ0n) is 29.5. The van der Waals surface area contributed by atoms with E-state index in [1.807, 2.05) is 0 Å². The van der Waals surface area contributed by atoms with Gasteiger partial charge in [-0.05, 0) is 80.6 Å². The monoisotopic (exact) mass is 718 g/mol. The van der Waals surface area contributed by atoms with Gasteiger partial charge in [-0.1, -0.05) is 146 Å². The zero-order chi connectivity index (χ0) is 36.1. The molecule has 0 saturated heterocycles. The van der Waals surface area contributed by atoms with Crippen LogP contribution >= 0.6 is 11.3 Å². The Hall–Kier alpha value is -6.88. The van der Waals surface area contributed by atoms with Gasteiger partial charge in [-0.3, -0.25) is 0 Å². The molecule has 256 valence electrons.